The van der Waals surface area contributed by atoms with E-state index in [9.17, 15) is 0 Å². The van der Waals surface area contributed by atoms with Gasteiger partial charge in [0.05, 0.1) is 16.7 Å². The Hall–Kier alpha value is -6.12. The Balaban J connectivity index is 1.29. The number of allylic oxidation sites excluding steroid dienone is 1. The van der Waals surface area contributed by atoms with Crippen molar-refractivity contribution in [2.24, 2.45) is 0 Å². The summed E-state index contributed by atoms with van der Waals surface area (Å²) in [5.74, 6) is 0. The van der Waals surface area contributed by atoms with E-state index < -0.39 is 0 Å². The van der Waals surface area contributed by atoms with E-state index in [1.807, 2.05) is 12.3 Å². The molecular formula is C46H30N2. The van der Waals surface area contributed by atoms with E-state index in [1.165, 1.54) is 65.7 Å². The number of pyridine rings is 2. The van der Waals surface area contributed by atoms with Gasteiger partial charge in [-0.05, 0) is 109 Å². The largest absolute Gasteiger partial charge is 0.254 e. The highest BCUT2D eigenvalue weighted by molar-refractivity contribution is 6.22. The molecular weight excluding hydrogens is 581 g/mol. The first kappa shape index (κ1) is 27.0. The molecule has 1 aliphatic rings. The molecule has 0 unspecified atom stereocenters. The maximum Gasteiger partial charge on any atom is 0.0972 e. The zero-order valence-electron chi connectivity index (χ0n) is 26.3. The lowest BCUT2D eigenvalue weighted by Crippen LogP contribution is -1.96. The minimum Gasteiger partial charge on any atom is -0.254 e. The Morgan fingerprint density at radius 2 is 1.12 bits per heavy atom. The van der Waals surface area contributed by atoms with Gasteiger partial charge in [-0.3, -0.25) is 4.98 Å². The quantitative estimate of drug-likeness (QED) is 0.147. The fraction of sp³-hybridized carbons (Fsp3) is 0.0435. The van der Waals surface area contributed by atoms with Gasteiger partial charge in [-0.1, -0.05) is 121 Å². The molecule has 0 radical (unpaired) electrons. The average Bonchev–Trinajstić information content (AvgIpc) is 3.16. The molecule has 48 heavy (non-hydrogen) atoms. The van der Waals surface area contributed by atoms with Gasteiger partial charge < -0.3 is 0 Å². The molecule has 0 atom stereocenters. The van der Waals surface area contributed by atoms with Crippen LogP contribution < -0.4 is 0 Å². The fourth-order valence-electron chi connectivity index (χ4n) is 7.77. The monoisotopic (exact) mass is 610 g/mol. The van der Waals surface area contributed by atoms with E-state index in [4.69, 9.17) is 9.97 Å². The summed E-state index contributed by atoms with van der Waals surface area (Å²) in [5.41, 5.74) is 11.7. The van der Waals surface area contributed by atoms with E-state index in [-0.39, 0.29) is 0 Å². The first-order valence-corrected chi connectivity index (χ1v) is 16.7. The van der Waals surface area contributed by atoms with E-state index >= 15 is 0 Å². The second kappa shape index (κ2) is 10.7. The fourth-order valence-corrected chi connectivity index (χ4v) is 7.77. The molecule has 10 rings (SSSR count). The molecule has 0 fully saturated rings. The first-order chi connectivity index (χ1) is 23.8. The topological polar surface area (TPSA) is 25.8 Å². The van der Waals surface area contributed by atoms with Crippen molar-refractivity contribution < 1.29 is 0 Å². The van der Waals surface area contributed by atoms with Crippen LogP contribution in [0.4, 0.5) is 0 Å². The van der Waals surface area contributed by atoms with Crippen molar-refractivity contribution in [3.05, 3.63) is 163 Å². The summed E-state index contributed by atoms with van der Waals surface area (Å²) in [4.78, 5) is 9.96. The van der Waals surface area contributed by atoms with Gasteiger partial charge in [0.25, 0.3) is 0 Å². The SMILES string of the molecule is C1=Cc2cc(-c3c4ccccc4c(-c4ccc5ccccc5c4)c4cc(-c5ccc6ccc7cccnc7c6n5)ccc34)ccc2CC1. The number of hydrogen-bond acceptors (Lipinski definition) is 2. The van der Waals surface area contributed by atoms with E-state index in [2.05, 4.69) is 146 Å². The highest BCUT2D eigenvalue weighted by atomic mass is 14.7. The molecule has 0 saturated heterocycles. The van der Waals surface area contributed by atoms with Gasteiger partial charge in [-0.25, -0.2) is 4.98 Å². The van der Waals surface area contributed by atoms with Crippen molar-refractivity contribution in [3.63, 3.8) is 0 Å². The molecule has 2 nitrogen and oxygen atoms in total. The van der Waals surface area contributed by atoms with E-state index in [0.29, 0.717) is 0 Å². The van der Waals surface area contributed by atoms with Gasteiger partial charge in [-0.2, -0.15) is 0 Å². The van der Waals surface area contributed by atoms with Gasteiger partial charge in [0, 0.05) is 22.5 Å². The van der Waals surface area contributed by atoms with Crippen LogP contribution in [0.25, 0.3) is 93.7 Å². The summed E-state index contributed by atoms with van der Waals surface area (Å²) in [7, 11) is 0. The lowest BCUT2D eigenvalue weighted by atomic mass is 9.83. The molecule has 2 heterocycles. The summed E-state index contributed by atoms with van der Waals surface area (Å²) < 4.78 is 0. The van der Waals surface area contributed by atoms with Crippen molar-refractivity contribution in [2.75, 3.05) is 0 Å². The molecule has 9 aromatic rings. The molecule has 0 bridgehead atoms. The van der Waals surface area contributed by atoms with Crippen LogP contribution in [-0.4, -0.2) is 9.97 Å². The van der Waals surface area contributed by atoms with Crippen LogP contribution in [0.5, 0.6) is 0 Å². The van der Waals surface area contributed by atoms with E-state index in [1.54, 1.807) is 0 Å². The molecule has 224 valence electrons. The van der Waals surface area contributed by atoms with Gasteiger partial charge in [0.15, 0.2) is 0 Å². The van der Waals surface area contributed by atoms with Gasteiger partial charge in [0.1, 0.15) is 0 Å². The lowest BCUT2D eigenvalue weighted by molar-refractivity contribution is 0.986. The van der Waals surface area contributed by atoms with Crippen LogP contribution in [0.3, 0.4) is 0 Å². The maximum atomic E-state index is 5.24. The van der Waals surface area contributed by atoms with Crippen LogP contribution >= 0.6 is 0 Å². The summed E-state index contributed by atoms with van der Waals surface area (Å²) in [5, 5.41) is 9.67. The number of aryl methyl sites for hydroxylation is 1. The number of benzene rings is 7. The van der Waals surface area contributed by atoms with Crippen molar-refractivity contribution in [3.8, 4) is 33.5 Å². The van der Waals surface area contributed by atoms with Gasteiger partial charge in [-0.15, -0.1) is 0 Å². The minimum atomic E-state index is 0.932. The molecule has 0 spiro atoms. The molecule has 2 heteroatoms. The molecule has 2 aromatic heterocycles. The number of fused-ring (bicyclic) bond motifs is 7. The number of aromatic nitrogens is 2. The van der Waals surface area contributed by atoms with Crippen LogP contribution in [0.15, 0.2) is 152 Å². The zero-order valence-corrected chi connectivity index (χ0v) is 26.3. The van der Waals surface area contributed by atoms with Crippen LogP contribution in [0, 0.1) is 0 Å². The minimum absolute atomic E-state index is 0.932. The number of nitrogens with zero attached hydrogens (tertiary/aromatic N) is 2. The Kier molecular flexibility index (Phi) is 6.04. The highest BCUT2D eigenvalue weighted by Gasteiger charge is 2.19. The van der Waals surface area contributed by atoms with E-state index in [0.717, 1.165) is 45.9 Å². The highest BCUT2D eigenvalue weighted by Crippen LogP contribution is 2.45. The molecule has 1 aliphatic carbocycles. The molecule has 0 N–H and O–H groups in total. The van der Waals surface area contributed by atoms with Crippen molar-refractivity contribution in [2.45, 2.75) is 12.8 Å². The predicted octanol–water partition coefficient (Wildman–Crippen LogP) is 12.2. The summed E-state index contributed by atoms with van der Waals surface area (Å²) in [6.07, 6.45) is 8.65. The van der Waals surface area contributed by atoms with Crippen molar-refractivity contribution >= 4 is 60.2 Å². The zero-order chi connectivity index (χ0) is 31.6. The van der Waals surface area contributed by atoms with Crippen LogP contribution in [-0.2, 0) is 6.42 Å². The third-order valence-corrected chi connectivity index (χ3v) is 10.1. The molecule has 0 amide bonds. The lowest BCUT2D eigenvalue weighted by Gasteiger charge is -2.20. The van der Waals surface area contributed by atoms with Gasteiger partial charge in [0.2, 0.25) is 0 Å². The summed E-state index contributed by atoms with van der Waals surface area (Å²) >= 11 is 0. The smallest absolute Gasteiger partial charge is 0.0972 e. The Labute approximate surface area is 278 Å². The second-order valence-corrected chi connectivity index (χ2v) is 12.9. The first-order valence-electron chi connectivity index (χ1n) is 16.7. The standard InChI is InChI=1S/C46H30N2/c1-3-10-33-26-36(19-15-29(33)8-1)43-38-13-5-6-14-39(38)44(37-20-16-30-9-2-4-11-34(30)27-37)41-28-35(21-23-40(41)43)42-24-22-32-18-17-31-12-7-25-47-45(31)46(32)48-42/h2-7,9-28H,1,8H2. The predicted molar refractivity (Wildman–Crippen MR) is 203 cm³/mol. The third-order valence-electron chi connectivity index (χ3n) is 10.1. The molecule has 0 saturated carbocycles. The third kappa shape index (κ3) is 4.27. The molecule has 0 aliphatic heterocycles. The second-order valence-electron chi connectivity index (χ2n) is 12.9. The summed E-state index contributed by atoms with van der Waals surface area (Å²) in [6, 6.07) is 51.1. The maximum absolute atomic E-state index is 5.24. The van der Waals surface area contributed by atoms with Crippen molar-refractivity contribution in [1.82, 2.24) is 9.97 Å². The Morgan fingerprint density at radius 1 is 0.458 bits per heavy atom. The van der Waals surface area contributed by atoms with Crippen molar-refractivity contribution in [1.29, 1.82) is 0 Å². The van der Waals surface area contributed by atoms with Crippen LogP contribution in [0.2, 0.25) is 0 Å². The normalized spacial score (nSPS) is 12.8. The van der Waals surface area contributed by atoms with Crippen LogP contribution in [0.1, 0.15) is 17.5 Å². The summed E-state index contributed by atoms with van der Waals surface area (Å²) in [6.45, 7) is 0. The Bertz CT molecular complexity index is 2790. The Morgan fingerprint density at radius 3 is 2.02 bits per heavy atom. The number of rotatable bonds is 3. The molecule has 7 aromatic carbocycles. The van der Waals surface area contributed by atoms with Gasteiger partial charge >= 0.3 is 0 Å². The average molecular weight is 611 g/mol. The number of hydrogen-bond donors (Lipinski definition) is 0.